The van der Waals surface area contributed by atoms with E-state index in [1.54, 1.807) is 0 Å². The summed E-state index contributed by atoms with van der Waals surface area (Å²) in [5.41, 5.74) is 0. The van der Waals surface area contributed by atoms with Crippen molar-refractivity contribution in [3.05, 3.63) is 0 Å². The van der Waals surface area contributed by atoms with Gasteiger partial charge in [0, 0.05) is 18.5 Å². The molecule has 0 spiro atoms. The molecule has 0 aromatic heterocycles. The minimum absolute atomic E-state index is 0.122. The van der Waals surface area contributed by atoms with Gasteiger partial charge in [-0.2, -0.15) is 12.6 Å². The lowest BCUT2D eigenvalue weighted by molar-refractivity contribution is 0.0774. The van der Waals surface area contributed by atoms with E-state index >= 15 is 0 Å². The molecule has 0 fully saturated rings. The Labute approximate surface area is 125 Å². The Bertz CT molecular complexity index is 184. The van der Waals surface area contributed by atoms with Crippen molar-refractivity contribution >= 4 is 20.0 Å². The first kappa shape index (κ1) is 19.3. The van der Waals surface area contributed by atoms with E-state index < -0.39 is 7.32 Å². The molecule has 0 aliphatic rings. The number of rotatable bonds is 14. The van der Waals surface area contributed by atoms with E-state index in [0.29, 0.717) is 12.4 Å². The van der Waals surface area contributed by atoms with Crippen LogP contribution in [-0.4, -0.2) is 30.8 Å². The molecule has 0 aliphatic carbocycles. The molecule has 0 aromatic rings. The van der Waals surface area contributed by atoms with Gasteiger partial charge in [-0.25, -0.2) is 0 Å². The van der Waals surface area contributed by atoms with Gasteiger partial charge in [-0.05, 0) is 12.8 Å². The van der Waals surface area contributed by atoms with Gasteiger partial charge in [0.2, 0.25) is 0 Å². The topological polar surface area (TPSA) is 38.7 Å². The van der Waals surface area contributed by atoms with E-state index in [4.69, 9.17) is 9.31 Å². The zero-order chi connectivity index (χ0) is 14.3. The number of thiol groups is 1. The van der Waals surface area contributed by atoms with Crippen LogP contribution >= 0.6 is 12.6 Å². The van der Waals surface area contributed by atoms with Crippen molar-refractivity contribution < 1.29 is 14.3 Å². The van der Waals surface area contributed by atoms with E-state index in [0.717, 1.165) is 25.7 Å². The SMILES string of the molecule is CCCCCCCC(CCCC)OB(O)OCCS. The van der Waals surface area contributed by atoms with Crippen LogP contribution in [0.5, 0.6) is 0 Å². The highest BCUT2D eigenvalue weighted by molar-refractivity contribution is 7.80. The van der Waals surface area contributed by atoms with Gasteiger partial charge in [-0.1, -0.05) is 58.8 Å². The van der Waals surface area contributed by atoms with Crippen LogP contribution in [0.4, 0.5) is 0 Å². The highest BCUT2D eigenvalue weighted by atomic mass is 32.1. The first-order valence-corrected chi connectivity index (χ1v) is 8.43. The van der Waals surface area contributed by atoms with Crippen molar-refractivity contribution in [2.45, 2.75) is 77.7 Å². The summed E-state index contributed by atoms with van der Waals surface area (Å²) in [6.45, 7) is 4.82. The third kappa shape index (κ3) is 13.0. The van der Waals surface area contributed by atoms with Gasteiger partial charge in [-0.15, -0.1) is 0 Å². The second-order valence-electron chi connectivity index (χ2n) is 5.00. The average molecular weight is 290 g/mol. The second kappa shape index (κ2) is 14.7. The molecule has 0 radical (unpaired) electrons. The fourth-order valence-electron chi connectivity index (χ4n) is 2.05. The van der Waals surface area contributed by atoms with Crippen LogP contribution in [-0.2, 0) is 9.31 Å². The average Bonchev–Trinajstić information content (AvgIpc) is 2.41. The maximum absolute atomic E-state index is 9.61. The minimum Gasteiger partial charge on any atom is -0.402 e. The number of hydrogen-bond acceptors (Lipinski definition) is 4. The smallest absolute Gasteiger partial charge is 0.402 e. The number of unbranched alkanes of at least 4 members (excludes halogenated alkanes) is 5. The molecule has 1 unspecified atom stereocenters. The van der Waals surface area contributed by atoms with E-state index in [-0.39, 0.29) is 6.10 Å². The van der Waals surface area contributed by atoms with Crippen LogP contribution < -0.4 is 0 Å². The van der Waals surface area contributed by atoms with Gasteiger partial charge >= 0.3 is 7.32 Å². The zero-order valence-corrected chi connectivity index (χ0v) is 13.5. The molecule has 0 saturated carbocycles. The molecule has 0 rings (SSSR count). The highest BCUT2D eigenvalue weighted by Gasteiger charge is 2.21. The molecule has 0 aromatic carbocycles. The molecule has 1 atom stereocenters. The van der Waals surface area contributed by atoms with Crippen LogP contribution in [0.1, 0.15) is 71.6 Å². The summed E-state index contributed by atoms with van der Waals surface area (Å²) in [4.78, 5) is 0. The molecule has 0 saturated heterocycles. The Hall–Kier alpha value is 0.295. The lowest BCUT2D eigenvalue weighted by atomic mass is 10.0. The van der Waals surface area contributed by atoms with Crippen LogP contribution in [0, 0.1) is 0 Å². The maximum Gasteiger partial charge on any atom is 0.636 e. The molecule has 1 N–H and O–H groups in total. The predicted molar refractivity (Wildman–Crippen MR) is 85.6 cm³/mol. The summed E-state index contributed by atoms with van der Waals surface area (Å²) in [7, 11) is -1.09. The van der Waals surface area contributed by atoms with E-state index in [2.05, 4.69) is 26.5 Å². The zero-order valence-electron chi connectivity index (χ0n) is 12.6. The van der Waals surface area contributed by atoms with Gasteiger partial charge in [0.05, 0.1) is 0 Å². The van der Waals surface area contributed by atoms with Gasteiger partial charge in [0.25, 0.3) is 0 Å². The Morgan fingerprint density at radius 3 is 2.26 bits per heavy atom. The van der Waals surface area contributed by atoms with Crippen molar-refractivity contribution in [2.75, 3.05) is 12.4 Å². The molecule has 19 heavy (non-hydrogen) atoms. The van der Waals surface area contributed by atoms with Crippen molar-refractivity contribution in [1.82, 2.24) is 0 Å². The van der Waals surface area contributed by atoms with Gasteiger partial charge in [-0.3, -0.25) is 0 Å². The second-order valence-corrected chi connectivity index (χ2v) is 5.45. The molecule has 0 aliphatic heterocycles. The molecule has 0 heterocycles. The van der Waals surface area contributed by atoms with Crippen molar-refractivity contribution in [2.24, 2.45) is 0 Å². The van der Waals surface area contributed by atoms with E-state index in [1.165, 1.54) is 32.1 Å². The highest BCUT2D eigenvalue weighted by Crippen LogP contribution is 2.15. The Morgan fingerprint density at radius 2 is 1.63 bits per heavy atom. The molecular weight excluding hydrogens is 259 g/mol. The van der Waals surface area contributed by atoms with Crippen LogP contribution in [0.2, 0.25) is 0 Å². The van der Waals surface area contributed by atoms with Crippen molar-refractivity contribution in [1.29, 1.82) is 0 Å². The van der Waals surface area contributed by atoms with E-state index in [9.17, 15) is 5.02 Å². The lowest BCUT2D eigenvalue weighted by Crippen LogP contribution is -2.30. The molecule has 0 amide bonds. The first-order chi connectivity index (χ1) is 9.24. The van der Waals surface area contributed by atoms with Crippen molar-refractivity contribution in [3.63, 3.8) is 0 Å². The lowest BCUT2D eigenvalue weighted by Gasteiger charge is -2.19. The normalized spacial score (nSPS) is 12.6. The molecule has 5 heteroatoms. The Kier molecular flexibility index (Phi) is 14.9. The fraction of sp³-hybridized carbons (Fsp3) is 1.00. The van der Waals surface area contributed by atoms with Gasteiger partial charge in [0.1, 0.15) is 0 Å². The molecule has 114 valence electrons. The van der Waals surface area contributed by atoms with Gasteiger partial charge in [0.15, 0.2) is 0 Å². The summed E-state index contributed by atoms with van der Waals surface area (Å²) in [6.07, 6.45) is 10.8. The summed E-state index contributed by atoms with van der Waals surface area (Å²) in [5.74, 6) is 0.594. The Balaban J connectivity index is 3.79. The molecule has 3 nitrogen and oxygen atoms in total. The fourth-order valence-corrected chi connectivity index (χ4v) is 2.15. The maximum atomic E-state index is 9.61. The van der Waals surface area contributed by atoms with Crippen molar-refractivity contribution in [3.8, 4) is 0 Å². The number of hydrogen-bond donors (Lipinski definition) is 2. The summed E-state index contributed by atoms with van der Waals surface area (Å²) in [6, 6.07) is 0. The predicted octanol–water partition coefficient (Wildman–Crippen LogP) is 3.85. The largest absolute Gasteiger partial charge is 0.636 e. The van der Waals surface area contributed by atoms with Gasteiger partial charge < -0.3 is 14.3 Å². The monoisotopic (exact) mass is 290 g/mol. The molecule has 0 bridgehead atoms. The summed E-state index contributed by atoms with van der Waals surface area (Å²) < 4.78 is 10.7. The summed E-state index contributed by atoms with van der Waals surface area (Å²) >= 11 is 4.04. The standard InChI is InChI=1S/C14H31BO3S/c1-3-5-7-8-9-11-14(10-6-4-2)18-15(16)17-12-13-19/h14,16,19H,3-13H2,1-2H3. The third-order valence-electron chi connectivity index (χ3n) is 3.17. The van der Waals surface area contributed by atoms with Crippen LogP contribution in [0.25, 0.3) is 0 Å². The Morgan fingerprint density at radius 1 is 1.00 bits per heavy atom. The quantitative estimate of drug-likeness (QED) is 0.290. The van der Waals surface area contributed by atoms with Crippen LogP contribution in [0.15, 0.2) is 0 Å². The van der Waals surface area contributed by atoms with E-state index in [1.807, 2.05) is 0 Å². The minimum atomic E-state index is -1.09. The first-order valence-electron chi connectivity index (χ1n) is 7.80. The third-order valence-corrected chi connectivity index (χ3v) is 3.35. The summed E-state index contributed by atoms with van der Waals surface area (Å²) in [5, 5.41) is 9.61. The van der Waals surface area contributed by atoms with Crippen LogP contribution in [0.3, 0.4) is 0 Å². The molecular formula is C14H31BO3S.